The van der Waals surface area contributed by atoms with Gasteiger partial charge >= 0.3 is 5.97 Å². The van der Waals surface area contributed by atoms with E-state index in [2.05, 4.69) is 27.9 Å². The maximum Gasteiger partial charge on any atom is 0.306 e. The van der Waals surface area contributed by atoms with Crippen molar-refractivity contribution in [2.24, 2.45) is 0 Å². The highest BCUT2D eigenvalue weighted by Crippen LogP contribution is 2.17. The lowest BCUT2D eigenvalue weighted by Crippen LogP contribution is -2.21. The summed E-state index contributed by atoms with van der Waals surface area (Å²) in [5.74, 6) is 0.00692. The van der Waals surface area contributed by atoms with Gasteiger partial charge in [0.2, 0.25) is 0 Å². The highest BCUT2D eigenvalue weighted by atomic mass is 127. The molecule has 5 nitrogen and oxygen atoms in total. The summed E-state index contributed by atoms with van der Waals surface area (Å²) in [6.07, 6.45) is 0.744. The number of anilines is 1. The Morgan fingerprint density at radius 1 is 1.12 bits per heavy atom. The second-order valence-electron chi connectivity index (χ2n) is 5.43. The van der Waals surface area contributed by atoms with Crippen LogP contribution in [-0.2, 0) is 14.3 Å². The molecule has 2 rings (SSSR count). The number of hydrogen-bond acceptors (Lipinski definition) is 4. The van der Waals surface area contributed by atoms with Crippen LogP contribution in [0.15, 0.2) is 48.5 Å². The normalized spacial score (nSPS) is 10.2. The smallest absolute Gasteiger partial charge is 0.306 e. The largest absolute Gasteiger partial charge is 0.494 e. The van der Waals surface area contributed by atoms with E-state index in [9.17, 15) is 9.59 Å². The van der Waals surface area contributed by atoms with E-state index >= 15 is 0 Å². The molecular weight excluding hydrogens is 433 g/mol. The number of carbonyl (C=O) groups excluding carboxylic acids is 2. The second kappa shape index (κ2) is 10.0. The fraction of sp³-hybridized carbons (Fsp3) is 0.263. The Labute approximate surface area is 160 Å². The van der Waals surface area contributed by atoms with Gasteiger partial charge in [0.15, 0.2) is 6.61 Å². The van der Waals surface area contributed by atoms with Crippen molar-refractivity contribution < 1.29 is 19.1 Å². The Balaban J connectivity index is 1.63. The van der Waals surface area contributed by atoms with Crippen molar-refractivity contribution in [2.45, 2.75) is 19.8 Å². The molecule has 0 saturated carbocycles. The lowest BCUT2D eigenvalue weighted by atomic mass is 10.2. The molecule has 0 aliphatic carbocycles. The van der Waals surface area contributed by atoms with Crippen LogP contribution in [0.4, 0.5) is 5.69 Å². The first-order valence-corrected chi connectivity index (χ1v) is 9.02. The van der Waals surface area contributed by atoms with Crippen LogP contribution in [0.2, 0.25) is 0 Å². The minimum absolute atomic E-state index is 0.211. The molecule has 0 spiro atoms. The first kappa shape index (κ1) is 19.2. The van der Waals surface area contributed by atoms with E-state index < -0.39 is 5.97 Å². The molecule has 0 saturated heterocycles. The fourth-order valence-electron chi connectivity index (χ4n) is 2.10. The highest BCUT2D eigenvalue weighted by Gasteiger charge is 2.09. The number of para-hydroxylation sites is 1. The molecule has 0 unspecified atom stereocenters. The molecule has 0 atom stereocenters. The molecule has 0 radical (unpaired) electrons. The molecule has 2 aromatic rings. The third kappa shape index (κ3) is 7.13. The summed E-state index contributed by atoms with van der Waals surface area (Å²) in [6, 6.07) is 15.1. The Morgan fingerprint density at radius 2 is 1.88 bits per heavy atom. The van der Waals surface area contributed by atoms with Crippen molar-refractivity contribution in [3.05, 3.63) is 57.7 Å². The number of amides is 1. The second-order valence-corrected chi connectivity index (χ2v) is 6.68. The number of rotatable bonds is 8. The number of ether oxygens (including phenoxy) is 2. The maximum atomic E-state index is 11.9. The average molecular weight is 453 g/mol. The first-order valence-electron chi connectivity index (χ1n) is 7.94. The van der Waals surface area contributed by atoms with Gasteiger partial charge in [0.25, 0.3) is 5.91 Å². The Kier molecular flexibility index (Phi) is 7.72. The molecule has 132 valence electrons. The fourth-order valence-corrected chi connectivity index (χ4v) is 2.74. The van der Waals surface area contributed by atoms with E-state index in [1.54, 1.807) is 0 Å². The van der Waals surface area contributed by atoms with Crippen LogP contribution >= 0.6 is 22.6 Å². The summed E-state index contributed by atoms with van der Waals surface area (Å²) in [7, 11) is 0. The molecule has 0 aliphatic rings. The minimum atomic E-state index is -0.411. The lowest BCUT2D eigenvalue weighted by Gasteiger charge is -2.09. The van der Waals surface area contributed by atoms with Crippen LogP contribution in [0.3, 0.4) is 0 Å². The number of benzene rings is 2. The molecular formula is C19H20INO4. The predicted octanol–water partition coefficient (Wildman–Crippen LogP) is 3.94. The van der Waals surface area contributed by atoms with E-state index in [1.807, 2.05) is 55.5 Å². The Morgan fingerprint density at radius 3 is 2.60 bits per heavy atom. The van der Waals surface area contributed by atoms with Crippen LogP contribution < -0.4 is 10.1 Å². The SMILES string of the molecule is Cc1cc(I)ccc1NC(=O)COC(=O)CCCOc1ccccc1. The molecule has 0 aromatic heterocycles. The van der Waals surface area contributed by atoms with Gasteiger partial charge in [-0.25, -0.2) is 0 Å². The lowest BCUT2D eigenvalue weighted by molar-refractivity contribution is -0.147. The molecule has 1 N–H and O–H groups in total. The van der Waals surface area contributed by atoms with Gasteiger partial charge in [-0.2, -0.15) is 0 Å². The van der Waals surface area contributed by atoms with Gasteiger partial charge in [0.1, 0.15) is 5.75 Å². The number of carbonyl (C=O) groups is 2. The standard InChI is InChI=1S/C19H20INO4/c1-14-12-15(20)9-10-17(14)21-18(22)13-25-19(23)8-5-11-24-16-6-3-2-4-7-16/h2-4,6-7,9-10,12H,5,8,11,13H2,1H3,(H,21,22). The number of aryl methyl sites for hydroxylation is 1. The van der Waals surface area contributed by atoms with E-state index in [0.29, 0.717) is 13.0 Å². The summed E-state index contributed by atoms with van der Waals surface area (Å²) < 4.78 is 11.6. The molecule has 0 heterocycles. The van der Waals surface area contributed by atoms with E-state index in [0.717, 1.165) is 20.6 Å². The quantitative estimate of drug-likeness (QED) is 0.374. The molecule has 0 bridgehead atoms. The number of nitrogens with one attached hydrogen (secondary N) is 1. The van der Waals surface area contributed by atoms with Crippen LogP contribution in [0.5, 0.6) is 5.75 Å². The summed E-state index contributed by atoms with van der Waals surface area (Å²) >= 11 is 2.21. The molecule has 0 fully saturated rings. The van der Waals surface area contributed by atoms with Gasteiger partial charge in [0.05, 0.1) is 6.61 Å². The van der Waals surface area contributed by atoms with Crippen LogP contribution in [-0.4, -0.2) is 25.1 Å². The predicted molar refractivity (Wildman–Crippen MR) is 105 cm³/mol. The van der Waals surface area contributed by atoms with E-state index in [-0.39, 0.29) is 18.9 Å². The zero-order valence-corrected chi connectivity index (χ0v) is 16.1. The zero-order chi connectivity index (χ0) is 18.1. The topological polar surface area (TPSA) is 64.6 Å². The number of esters is 1. The third-order valence-electron chi connectivity index (χ3n) is 3.36. The summed E-state index contributed by atoms with van der Waals surface area (Å²) in [5.41, 5.74) is 1.68. The molecule has 0 aliphatic heterocycles. The van der Waals surface area contributed by atoms with Gasteiger partial charge in [0, 0.05) is 15.7 Å². The molecule has 6 heteroatoms. The Hall–Kier alpha value is -2.09. The minimum Gasteiger partial charge on any atom is -0.494 e. The van der Waals surface area contributed by atoms with Crippen LogP contribution in [0, 0.1) is 10.5 Å². The van der Waals surface area contributed by atoms with Crippen molar-refractivity contribution in [3.63, 3.8) is 0 Å². The monoisotopic (exact) mass is 453 g/mol. The summed E-state index contributed by atoms with van der Waals surface area (Å²) in [6.45, 7) is 2.05. The maximum absolute atomic E-state index is 11.9. The van der Waals surface area contributed by atoms with Crippen molar-refractivity contribution in [3.8, 4) is 5.75 Å². The van der Waals surface area contributed by atoms with Crippen molar-refractivity contribution in [1.82, 2.24) is 0 Å². The highest BCUT2D eigenvalue weighted by molar-refractivity contribution is 14.1. The summed E-state index contributed by atoms with van der Waals surface area (Å²) in [4.78, 5) is 23.5. The van der Waals surface area contributed by atoms with Crippen molar-refractivity contribution in [1.29, 1.82) is 0 Å². The zero-order valence-electron chi connectivity index (χ0n) is 14.0. The number of halogens is 1. The third-order valence-corrected chi connectivity index (χ3v) is 4.03. The first-order chi connectivity index (χ1) is 12.0. The molecule has 2 aromatic carbocycles. The van der Waals surface area contributed by atoms with Gasteiger partial charge in [-0.1, -0.05) is 18.2 Å². The van der Waals surface area contributed by atoms with Gasteiger partial charge in [-0.15, -0.1) is 0 Å². The van der Waals surface area contributed by atoms with Gasteiger partial charge in [-0.05, 0) is 71.8 Å². The molecule has 1 amide bonds. The van der Waals surface area contributed by atoms with Crippen LogP contribution in [0.25, 0.3) is 0 Å². The molecule has 25 heavy (non-hydrogen) atoms. The Bertz CT molecular complexity index is 719. The average Bonchev–Trinajstić information content (AvgIpc) is 2.60. The number of hydrogen-bond donors (Lipinski definition) is 1. The van der Waals surface area contributed by atoms with Crippen molar-refractivity contribution >= 4 is 40.2 Å². The van der Waals surface area contributed by atoms with Crippen molar-refractivity contribution in [2.75, 3.05) is 18.5 Å². The van der Waals surface area contributed by atoms with Gasteiger partial charge in [-0.3, -0.25) is 9.59 Å². The van der Waals surface area contributed by atoms with E-state index in [4.69, 9.17) is 9.47 Å². The van der Waals surface area contributed by atoms with E-state index in [1.165, 1.54) is 0 Å². The van der Waals surface area contributed by atoms with Crippen LogP contribution in [0.1, 0.15) is 18.4 Å². The van der Waals surface area contributed by atoms with Gasteiger partial charge < -0.3 is 14.8 Å². The summed E-state index contributed by atoms with van der Waals surface area (Å²) in [5, 5.41) is 2.74.